The van der Waals surface area contributed by atoms with E-state index in [0.717, 1.165) is 18.4 Å². The SMILES string of the molecule is CCCCCC(=O)N(CN(O)C=O)C(CC(=O)OC)c1ccccc1. The van der Waals surface area contributed by atoms with E-state index in [-0.39, 0.29) is 31.8 Å². The Bertz CT molecular complexity index is 550. The molecule has 1 N–H and O–H groups in total. The van der Waals surface area contributed by atoms with E-state index in [4.69, 9.17) is 4.74 Å². The number of ether oxygens (including phenoxy) is 1. The lowest BCUT2D eigenvalue weighted by Crippen LogP contribution is -2.42. The maximum atomic E-state index is 12.7. The fraction of sp³-hybridized carbons (Fsp3) is 0.500. The summed E-state index contributed by atoms with van der Waals surface area (Å²) in [5.74, 6) is -0.706. The van der Waals surface area contributed by atoms with Crippen molar-refractivity contribution in [3.63, 3.8) is 0 Å². The monoisotopic (exact) mass is 350 g/mol. The summed E-state index contributed by atoms with van der Waals surface area (Å²) in [6, 6.07) is 8.39. The molecule has 0 saturated carbocycles. The first-order valence-corrected chi connectivity index (χ1v) is 8.35. The highest BCUT2D eigenvalue weighted by Gasteiger charge is 2.28. The molecule has 0 aliphatic rings. The van der Waals surface area contributed by atoms with Gasteiger partial charge in [0, 0.05) is 6.42 Å². The average molecular weight is 350 g/mol. The van der Waals surface area contributed by atoms with Crippen LogP contribution in [0.1, 0.15) is 50.6 Å². The van der Waals surface area contributed by atoms with Crippen LogP contribution in [0.4, 0.5) is 0 Å². The van der Waals surface area contributed by atoms with Crippen LogP contribution in [-0.2, 0) is 19.1 Å². The van der Waals surface area contributed by atoms with Gasteiger partial charge in [-0.05, 0) is 12.0 Å². The van der Waals surface area contributed by atoms with Crippen molar-refractivity contribution >= 4 is 18.3 Å². The first-order chi connectivity index (χ1) is 12.0. The van der Waals surface area contributed by atoms with Crippen molar-refractivity contribution < 1.29 is 24.3 Å². The minimum absolute atomic E-state index is 0.0628. The van der Waals surface area contributed by atoms with E-state index in [0.29, 0.717) is 11.5 Å². The number of amides is 2. The average Bonchev–Trinajstić information content (AvgIpc) is 2.64. The van der Waals surface area contributed by atoms with E-state index in [1.54, 1.807) is 24.3 Å². The second-order valence-corrected chi connectivity index (χ2v) is 5.71. The second-order valence-electron chi connectivity index (χ2n) is 5.71. The summed E-state index contributed by atoms with van der Waals surface area (Å²) in [5, 5.41) is 9.98. The van der Waals surface area contributed by atoms with Gasteiger partial charge in [-0.2, -0.15) is 0 Å². The number of methoxy groups -OCH3 is 1. The van der Waals surface area contributed by atoms with Crippen LogP contribution < -0.4 is 0 Å². The highest BCUT2D eigenvalue weighted by Crippen LogP contribution is 2.26. The van der Waals surface area contributed by atoms with Crippen LogP contribution in [0.3, 0.4) is 0 Å². The number of unbranched alkanes of at least 4 members (excludes halogenated alkanes) is 2. The topological polar surface area (TPSA) is 87.2 Å². The predicted molar refractivity (Wildman–Crippen MR) is 91.4 cm³/mol. The molecule has 0 aliphatic carbocycles. The molecule has 1 atom stereocenters. The molecule has 0 spiro atoms. The Balaban J connectivity index is 3.09. The molecule has 0 fully saturated rings. The fourth-order valence-corrected chi connectivity index (χ4v) is 2.53. The van der Waals surface area contributed by atoms with Crippen molar-refractivity contribution in [2.24, 2.45) is 0 Å². The molecule has 2 amide bonds. The van der Waals surface area contributed by atoms with Crippen molar-refractivity contribution in [2.45, 2.75) is 45.1 Å². The molecule has 0 aliphatic heterocycles. The van der Waals surface area contributed by atoms with E-state index in [1.165, 1.54) is 12.0 Å². The van der Waals surface area contributed by atoms with Crippen LogP contribution in [0.5, 0.6) is 0 Å². The molecule has 0 radical (unpaired) electrons. The minimum atomic E-state index is -0.627. The van der Waals surface area contributed by atoms with E-state index in [2.05, 4.69) is 0 Å². The fourth-order valence-electron chi connectivity index (χ4n) is 2.53. The molecule has 7 heteroatoms. The van der Waals surface area contributed by atoms with Crippen molar-refractivity contribution in [3.05, 3.63) is 35.9 Å². The molecule has 0 heterocycles. The number of hydroxylamine groups is 2. The lowest BCUT2D eigenvalue weighted by molar-refractivity contribution is -0.168. The third-order valence-electron chi connectivity index (χ3n) is 3.88. The van der Waals surface area contributed by atoms with Gasteiger partial charge in [0.25, 0.3) is 0 Å². The number of rotatable bonds is 11. The molecule has 1 rings (SSSR count). The van der Waals surface area contributed by atoms with Crippen LogP contribution in [0.25, 0.3) is 0 Å². The van der Waals surface area contributed by atoms with Gasteiger partial charge in [0.15, 0.2) is 0 Å². The van der Waals surface area contributed by atoms with Crippen molar-refractivity contribution in [1.82, 2.24) is 9.96 Å². The molecule has 1 unspecified atom stereocenters. The zero-order valence-corrected chi connectivity index (χ0v) is 14.8. The van der Waals surface area contributed by atoms with Gasteiger partial charge < -0.3 is 9.64 Å². The summed E-state index contributed by atoms with van der Waals surface area (Å²) in [6.07, 6.45) is 3.03. The van der Waals surface area contributed by atoms with E-state index in [9.17, 15) is 19.6 Å². The van der Waals surface area contributed by atoms with Crippen LogP contribution in [0, 0.1) is 0 Å². The lowest BCUT2D eigenvalue weighted by atomic mass is 10.0. The standard InChI is InChI=1S/C18H26N2O5/c1-3-4-6-11-17(22)20(13-19(24)14-21)16(12-18(23)25-2)15-9-7-5-8-10-15/h5,7-10,14,16,24H,3-4,6,11-13H2,1-2H3. The third kappa shape index (κ3) is 6.93. The van der Waals surface area contributed by atoms with Gasteiger partial charge in [-0.15, -0.1) is 0 Å². The summed E-state index contributed by atoms with van der Waals surface area (Å²) in [5.41, 5.74) is 0.732. The van der Waals surface area contributed by atoms with Crippen molar-refractivity contribution in [3.8, 4) is 0 Å². The van der Waals surface area contributed by atoms with Gasteiger partial charge in [-0.3, -0.25) is 19.6 Å². The number of esters is 1. The molecule has 0 saturated heterocycles. The Morgan fingerprint density at radius 3 is 2.48 bits per heavy atom. The number of carbonyl (C=O) groups is 3. The minimum Gasteiger partial charge on any atom is -0.469 e. The molecule has 7 nitrogen and oxygen atoms in total. The van der Waals surface area contributed by atoms with Gasteiger partial charge in [-0.1, -0.05) is 50.1 Å². The number of nitrogens with zero attached hydrogens (tertiary/aromatic N) is 2. The second kappa shape index (κ2) is 11.2. The molecule has 0 bridgehead atoms. The van der Waals surface area contributed by atoms with Crippen LogP contribution in [0.2, 0.25) is 0 Å². The number of benzene rings is 1. The van der Waals surface area contributed by atoms with Crippen molar-refractivity contribution in [1.29, 1.82) is 0 Å². The molecule has 25 heavy (non-hydrogen) atoms. The third-order valence-corrected chi connectivity index (χ3v) is 3.88. The Hall–Kier alpha value is -2.41. The lowest BCUT2D eigenvalue weighted by Gasteiger charge is -2.33. The van der Waals surface area contributed by atoms with Crippen LogP contribution >= 0.6 is 0 Å². The summed E-state index contributed by atoms with van der Waals surface area (Å²) in [4.78, 5) is 36.7. The van der Waals surface area contributed by atoms with Gasteiger partial charge >= 0.3 is 5.97 Å². The molecule has 1 aromatic rings. The molecule has 1 aromatic carbocycles. The van der Waals surface area contributed by atoms with E-state index in [1.807, 2.05) is 13.0 Å². The van der Waals surface area contributed by atoms with Gasteiger partial charge in [-0.25, -0.2) is 5.06 Å². The smallest absolute Gasteiger partial charge is 0.307 e. The van der Waals surface area contributed by atoms with Crippen LogP contribution in [-0.4, -0.2) is 47.2 Å². The summed E-state index contributed by atoms with van der Waals surface area (Å²) in [6.45, 7) is 1.72. The maximum Gasteiger partial charge on any atom is 0.307 e. The van der Waals surface area contributed by atoms with Crippen LogP contribution in [0.15, 0.2) is 30.3 Å². The summed E-state index contributed by atoms with van der Waals surface area (Å²) < 4.78 is 4.74. The Morgan fingerprint density at radius 2 is 1.92 bits per heavy atom. The normalized spacial score (nSPS) is 11.5. The van der Waals surface area contributed by atoms with Gasteiger partial charge in [0.05, 0.1) is 19.6 Å². The van der Waals surface area contributed by atoms with E-state index >= 15 is 0 Å². The molecular weight excluding hydrogens is 324 g/mol. The Kier molecular flexibility index (Phi) is 9.24. The largest absolute Gasteiger partial charge is 0.469 e. The zero-order chi connectivity index (χ0) is 18.7. The summed E-state index contributed by atoms with van der Waals surface area (Å²) >= 11 is 0. The maximum absolute atomic E-state index is 12.7. The highest BCUT2D eigenvalue weighted by molar-refractivity contribution is 5.78. The molecule has 138 valence electrons. The van der Waals surface area contributed by atoms with Gasteiger partial charge in [0.2, 0.25) is 12.3 Å². The molecular formula is C18H26N2O5. The van der Waals surface area contributed by atoms with Crippen molar-refractivity contribution in [2.75, 3.05) is 13.8 Å². The Morgan fingerprint density at radius 1 is 1.24 bits per heavy atom. The first-order valence-electron chi connectivity index (χ1n) is 8.35. The Labute approximate surface area is 148 Å². The van der Waals surface area contributed by atoms with E-state index < -0.39 is 12.0 Å². The first kappa shape index (κ1) is 20.6. The number of hydrogen-bond donors (Lipinski definition) is 1. The highest BCUT2D eigenvalue weighted by atomic mass is 16.5. The quantitative estimate of drug-likeness (QED) is 0.165. The molecule has 0 aromatic heterocycles. The van der Waals surface area contributed by atoms with Gasteiger partial charge in [0.1, 0.15) is 6.67 Å². The predicted octanol–water partition coefficient (Wildman–Crippen LogP) is 2.50. The number of carbonyl (C=O) groups excluding carboxylic acids is 3. The number of hydrogen-bond acceptors (Lipinski definition) is 5. The zero-order valence-electron chi connectivity index (χ0n) is 14.8. The summed E-state index contributed by atoms with van der Waals surface area (Å²) in [7, 11) is 1.28.